The molecule has 22 heavy (non-hydrogen) atoms. The van der Waals surface area contributed by atoms with E-state index in [4.69, 9.17) is 4.42 Å². The Morgan fingerprint density at radius 2 is 1.64 bits per heavy atom. The Hall–Kier alpha value is -3.14. The van der Waals surface area contributed by atoms with Crippen molar-refractivity contribution in [2.24, 2.45) is 0 Å². The van der Waals surface area contributed by atoms with Crippen molar-refractivity contribution in [3.8, 4) is 17.3 Å². The maximum atomic E-state index is 12.9. The summed E-state index contributed by atoms with van der Waals surface area (Å²) >= 11 is 0. The molecule has 0 N–H and O–H groups in total. The highest BCUT2D eigenvalue weighted by Gasteiger charge is 2.15. The molecule has 0 radical (unpaired) electrons. The fourth-order valence-electron chi connectivity index (χ4n) is 2.52. The number of nitrogens with zero attached hydrogens (tertiary/aromatic N) is 2. The first-order chi connectivity index (χ1) is 10.8. The van der Waals surface area contributed by atoms with Gasteiger partial charge in [0, 0.05) is 11.6 Å². The topological polar surface area (TPSA) is 48.0 Å². The number of para-hydroxylation sites is 1. The zero-order valence-corrected chi connectivity index (χ0v) is 11.6. The van der Waals surface area contributed by atoms with Crippen LogP contribution >= 0.6 is 0 Å². The van der Waals surface area contributed by atoms with Gasteiger partial charge in [-0.05, 0) is 18.2 Å². The first kappa shape index (κ1) is 12.6. The summed E-state index contributed by atoms with van der Waals surface area (Å²) in [7, 11) is 0. The number of hydrogen-bond acceptors (Lipinski definition) is 3. The third-order valence-corrected chi connectivity index (χ3v) is 3.53. The predicted molar refractivity (Wildman–Crippen MR) is 85.0 cm³/mol. The van der Waals surface area contributed by atoms with Crippen LogP contribution in [0.15, 0.2) is 82.2 Å². The lowest BCUT2D eigenvalue weighted by atomic mass is 10.2. The zero-order chi connectivity index (χ0) is 14.9. The van der Waals surface area contributed by atoms with Crippen LogP contribution in [0, 0.1) is 0 Å². The number of aromatic nitrogens is 2. The van der Waals surface area contributed by atoms with Crippen LogP contribution in [-0.4, -0.2) is 9.55 Å². The molecular weight excluding hydrogens is 276 g/mol. The molecule has 2 aromatic heterocycles. The van der Waals surface area contributed by atoms with Crippen LogP contribution in [0.5, 0.6) is 0 Å². The molecule has 0 atom stereocenters. The molecule has 0 saturated carbocycles. The van der Waals surface area contributed by atoms with Crippen LogP contribution in [0.4, 0.5) is 0 Å². The summed E-state index contributed by atoms with van der Waals surface area (Å²) in [4.78, 5) is 17.5. The maximum Gasteiger partial charge on any atom is 0.268 e. The highest BCUT2D eigenvalue weighted by Crippen LogP contribution is 2.21. The van der Waals surface area contributed by atoms with Crippen LogP contribution in [0.25, 0.3) is 28.2 Å². The second-order valence-corrected chi connectivity index (χ2v) is 4.91. The van der Waals surface area contributed by atoms with E-state index in [1.807, 2.05) is 48.5 Å². The molecule has 4 aromatic rings. The smallest absolute Gasteiger partial charge is 0.268 e. The minimum atomic E-state index is -0.139. The summed E-state index contributed by atoms with van der Waals surface area (Å²) < 4.78 is 6.95. The summed E-state index contributed by atoms with van der Waals surface area (Å²) in [5.74, 6) is 1.03. The molecule has 4 heteroatoms. The Bertz CT molecular complexity index is 987. The SMILES string of the molecule is O=c1c2ccccc2nc(-c2ccccc2)n1-c1ccco1. The minimum Gasteiger partial charge on any atom is -0.448 e. The van der Waals surface area contributed by atoms with E-state index in [0.717, 1.165) is 5.56 Å². The van der Waals surface area contributed by atoms with Crippen molar-refractivity contribution >= 4 is 10.9 Å². The number of benzene rings is 2. The molecule has 4 rings (SSSR count). The highest BCUT2D eigenvalue weighted by molar-refractivity contribution is 5.80. The lowest BCUT2D eigenvalue weighted by Gasteiger charge is -2.11. The largest absolute Gasteiger partial charge is 0.448 e. The van der Waals surface area contributed by atoms with Gasteiger partial charge in [-0.1, -0.05) is 42.5 Å². The Morgan fingerprint density at radius 3 is 2.41 bits per heavy atom. The Balaban J connectivity index is 2.14. The van der Waals surface area contributed by atoms with Crippen LogP contribution in [0.1, 0.15) is 0 Å². The van der Waals surface area contributed by atoms with Gasteiger partial charge in [-0.15, -0.1) is 0 Å². The summed E-state index contributed by atoms with van der Waals surface area (Å²) in [5.41, 5.74) is 1.40. The molecule has 0 bridgehead atoms. The second-order valence-electron chi connectivity index (χ2n) is 4.91. The molecule has 0 fully saturated rings. The summed E-state index contributed by atoms with van der Waals surface area (Å²) in [6.07, 6.45) is 1.55. The Kier molecular flexibility index (Phi) is 2.86. The van der Waals surface area contributed by atoms with E-state index >= 15 is 0 Å². The average molecular weight is 288 g/mol. The van der Waals surface area contributed by atoms with Gasteiger partial charge in [0.25, 0.3) is 5.56 Å². The fraction of sp³-hybridized carbons (Fsp3) is 0. The summed E-state index contributed by atoms with van der Waals surface area (Å²) in [6, 6.07) is 20.5. The average Bonchev–Trinajstić information content (AvgIpc) is 3.10. The quantitative estimate of drug-likeness (QED) is 0.565. The van der Waals surface area contributed by atoms with Crippen molar-refractivity contribution in [2.75, 3.05) is 0 Å². The van der Waals surface area contributed by atoms with Gasteiger partial charge in [-0.3, -0.25) is 4.79 Å². The van der Waals surface area contributed by atoms with Gasteiger partial charge in [0.15, 0.2) is 5.82 Å². The molecule has 0 amide bonds. The normalized spacial score (nSPS) is 10.9. The molecule has 0 saturated heterocycles. The molecule has 0 spiro atoms. The van der Waals surface area contributed by atoms with E-state index in [0.29, 0.717) is 22.6 Å². The Labute approximate surface area is 126 Å². The van der Waals surface area contributed by atoms with Gasteiger partial charge in [-0.2, -0.15) is 0 Å². The highest BCUT2D eigenvalue weighted by atomic mass is 16.3. The third kappa shape index (κ3) is 1.93. The van der Waals surface area contributed by atoms with Crippen molar-refractivity contribution in [1.29, 1.82) is 0 Å². The maximum absolute atomic E-state index is 12.9. The summed E-state index contributed by atoms with van der Waals surface area (Å²) in [6.45, 7) is 0. The Morgan fingerprint density at radius 1 is 0.864 bits per heavy atom. The van der Waals surface area contributed by atoms with E-state index in [1.54, 1.807) is 24.5 Å². The van der Waals surface area contributed by atoms with Gasteiger partial charge in [0.2, 0.25) is 5.88 Å². The van der Waals surface area contributed by atoms with Gasteiger partial charge in [0.1, 0.15) is 0 Å². The van der Waals surface area contributed by atoms with Crippen LogP contribution in [0.3, 0.4) is 0 Å². The molecule has 106 valence electrons. The first-order valence-corrected chi connectivity index (χ1v) is 6.96. The van der Waals surface area contributed by atoms with E-state index in [2.05, 4.69) is 4.98 Å². The number of rotatable bonds is 2. The minimum absolute atomic E-state index is 0.139. The zero-order valence-electron chi connectivity index (χ0n) is 11.6. The van der Waals surface area contributed by atoms with E-state index in [-0.39, 0.29) is 5.56 Å². The first-order valence-electron chi connectivity index (χ1n) is 6.96. The van der Waals surface area contributed by atoms with Crippen molar-refractivity contribution in [1.82, 2.24) is 9.55 Å². The molecule has 4 nitrogen and oxygen atoms in total. The van der Waals surface area contributed by atoms with Gasteiger partial charge < -0.3 is 4.42 Å². The van der Waals surface area contributed by atoms with Crippen LogP contribution in [0.2, 0.25) is 0 Å². The molecular formula is C18H12N2O2. The van der Waals surface area contributed by atoms with Gasteiger partial charge in [-0.25, -0.2) is 9.55 Å². The van der Waals surface area contributed by atoms with Crippen molar-refractivity contribution in [2.45, 2.75) is 0 Å². The van der Waals surface area contributed by atoms with E-state index in [9.17, 15) is 4.79 Å². The molecule has 0 unspecified atom stereocenters. The lowest BCUT2D eigenvalue weighted by Crippen LogP contribution is -2.21. The lowest BCUT2D eigenvalue weighted by molar-refractivity contribution is 0.535. The van der Waals surface area contributed by atoms with E-state index < -0.39 is 0 Å². The van der Waals surface area contributed by atoms with Crippen LogP contribution in [-0.2, 0) is 0 Å². The van der Waals surface area contributed by atoms with Gasteiger partial charge in [0.05, 0.1) is 17.2 Å². The summed E-state index contributed by atoms with van der Waals surface area (Å²) in [5, 5.41) is 0.568. The molecule has 0 aliphatic carbocycles. The van der Waals surface area contributed by atoms with Gasteiger partial charge >= 0.3 is 0 Å². The molecule has 2 heterocycles. The molecule has 0 aliphatic rings. The number of hydrogen-bond donors (Lipinski definition) is 0. The fourth-order valence-corrected chi connectivity index (χ4v) is 2.52. The monoisotopic (exact) mass is 288 g/mol. The third-order valence-electron chi connectivity index (χ3n) is 3.53. The number of furan rings is 1. The van der Waals surface area contributed by atoms with Crippen LogP contribution < -0.4 is 5.56 Å². The predicted octanol–water partition coefficient (Wildman–Crippen LogP) is 3.65. The number of fused-ring (bicyclic) bond motifs is 1. The standard InChI is InChI=1S/C18H12N2O2/c21-18-14-9-4-5-10-15(14)19-17(13-7-2-1-3-8-13)20(18)16-11-6-12-22-16/h1-12H. The van der Waals surface area contributed by atoms with Crippen molar-refractivity contribution < 1.29 is 4.42 Å². The van der Waals surface area contributed by atoms with Crippen molar-refractivity contribution in [3.05, 3.63) is 83.3 Å². The second kappa shape index (κ2) is 5.00. The molecule has 2 aromatic carbocycles. The van der Waals surface area contributed by atoms with E-state index in [1.165, 1.54) is 4.57 Å². The van der Waals surface area contributed by atoms with Crippen molar-refractivity contribution in [3.63, 3.8) is 0 Å². The molecule has 0 aliphatic heterocycles.